The number of imidazole rings is 1. The first kappa shape index (κ1) is 9.77. The molecule has 0 saturated carbocycles. The molecule has 78 valence electrons. The standard InChI is InChI=1S/C12H15N3/c1-3-14-15-9-8-13-12(15)11-7-5-4-6-10(11)2/h4-9,14H,3H2,1-2H3. The van der Waals surface area contributed by atoms with Crippen molar-refractivity contribution in [2.45, 2.75) is 13.8 Å². The molecule has 1 aromatic carbocycles. The second-order valence-electron chi connectivity index (χ2n) is 3.45. The van der Waals surface area contributed by atoms with Crippen molar-refractivity contribution >= 4 is 0 Å². The molecule has 0 atom stereocenters. The Kier molecular flexibility index (Phi) is 2.72. The molecule has 0 saturated heterocycles. The zero-order valence-corrected chi connectivity index (χ0v) is 9.07. The Morgan fingerprint density at radius 1 is 1.33 bits per heavy atom. The highest BCUT2D eigenvalue weighted by atomic mass is 15.4. The van der Waals surface area contributed by atoms with Crippen LogP contribution in [0.1, 0.15) is 12.5 Å². The van der Waals surface area contributed by atoms with E-state index in [-0.39, 0.29) is 0 Å². The molecule has 0 aliphatic heterocycles. The third kappa shape index (κ3) is 1.86. The SMILES string of the molecule is CCNn1ccnc1-c1ccccc1C. The lowest BCUT2D eigenvalue weighted by Gasteiger charge is -2.10. The summed E-state index contributed by atoms with van der Waals surface area (Å²) in [4.78, 5) is 4.37. The second-order valence-corrected chi connectivity index (χ2v) is 3.45. The van der Waals surface area contributed by atoms with E-state index in [4.69, 9.17) is 0 Å². The minimum Gasteiger partial charge on any atom is -0.325 e. The Bertz CT molecular complexity index is 446. The van der Waals surface area contributed by atoms with E-state index in [0.717, 1.165) is 12.4 Å². The van der Waals surface area contributed by atoms with Crippen LogP contribution in [-0.2, 0) is 0 Å². The molecule has 15 heavy (non-hydrogen) atoms. The molecule has 0 bridgehead atoms. The van der Waals surface area contributed by atoms with E-state index < -0.39 is 0 Å². The highest BCUT2D eigenvalue weighted by molar-refractivity contribution is 5.60. The van der Waals surface area contributed by atoms with Crippen molar-refractivity contribution < 1.29 is 0 Å². The van der Waals surface area contributed by atoms with Gasteiger partial charge in [-0.1, -0.05) is 24.3 Å². The molecule has 0 fully saturated rings. The first-order valence-corrected chi connectivity index (χ1v) is 5.16. The lowest BCUT2D eigenvalue weighted by atomic mass is 10.1. The summed E-state index contributed by atoms with van der Waals surface area (Å²) in [6.45, 7) is 5.05. The quantitative estimate of drug-likeness (QED) is 0.826. The van der Waals surface area contributed by atoms with Gasteiger partial charge in [0.05, 0.1) is 0 Å². The van der Waals surface area contributed by atoms with Crippen molar-refractivity contribution in [2.24, 2.45) is 0 Å². The summed E-state index contributed by atoms with van der Waals surface area (Å²) < 4.78 is 1.96. The number of nitrogens with zero attached hydrogens (tertiary/aromatic N) is 2. The van der Waals surface area contributed by atoms with E-state index in [2.05, 4.69) is 36.4 Å². The van der Waals surface area contributed by atoms with E-state index in [9.17, 15) is 0 Å². The van der Waals surface area contributed by atoms with E-state index in [0.29, 0.717) is 0 Å². The number of aromatic nitrogens is 2. The van der Waals surface area contributed by atoms with Crippen LogP contribution in [0.15, 0.2) is 36.7 Å². The maximum atomic E-state index is 4.37. The lowest BCUT2D eigenvalue weighted by Crippen LogP contribution is -2.14. The normalized spacial score (nSPS) is 10.3. The molecule has 1 aromatic heterocycles. The molecule has 0 unspecified atom stereocenters. The Morgan fingerprint density at radius 2 is 2.13 bits per heavy atom. The van der Waals surface area contributed by atoms with Crippen molar-refractivity contribution in [2.75, 3.05) is 12.0 Å². The molecule has 2 aromatic rings. The van der Waals surface area contributed by atoms with Crippen LogP contribution in [0.4, 0.5) is 0 Å². The number of rotatable bonds is 3. The molecule has 0 spiro atoms. The zero-order chi connectivity index (χ0) is 10.7. The first-order valence-electron chi connectivity index (χ1n) is 5.16. The van der Waals surface area contributed by atoms with Crippen molar-refractivity contribution in [3.8, 4) is 11.4 Å². The van der Waals surface area contributed by atoms with E-state index in [1.165, 1.54) is 11.1 Å². The van der Waals surface area contributed by atoms with Crippen LogP contribution in [0.25, 0.3) is 11.4 Å². The van der Waals surface area contributed by atoms with Crippen LogP contribution in [-0.4, -0.2) is 16.2 Å². The maximum Gasteiger partial charge on any atom is 0.158 e. The molecule has 0 radical (unpaired) electrons. The molecule has 1 N–H and O–H groups in total. The third-order valence-corrected chi connectivity index (χ3v) is 2.36. The molecule has 0 aliphatic rings. The third-order valence-electron chi connectivity index (χ3n) is 2.36. The summed E-state index contributed by atoms with van der Waals surface area (Å²) in [5.41, 5.74) is 5.64. The topological polar surface area (TPSA) is 29.9 Å². The van der Waals surface area contributed by atoms with Crippen molar-refractivity contribution in [1.82, 2.24) is 9.66 Å². The average molecular weight is 201 g/mol. The predicted molar refractivity (Wildman–Crippen MR) is 62.3 cm³/mol. The van der Waals surface area contributed by atoms with Gasteiger partial charge in [0.1, 0.15) is 0 Å². The molecule has 3 nitrogen and oxygen atoms in total. The van der Waals surface area contributed by atoms with Crippen molar-refractivity contribution in [3.05, 3.63) is 42.2 Å². The molecule has 3 heteroatoms. The first-order chi connectivity index (χ1) is 7.33. The fourth-order valence-corrected chi connectivity index (χ4v) is 1.62. The van der Waals surface area contributed by atoms with Crippen LogP contribution in [0.3, 0.4) is 0 Å². The van der Waals surface area contributed by atoms with Crippen LogP contribution in [0.5, 0.6) is 0 Å². The predicted octanol–water partition coefficient (Wildman–Crippen LogP) is 2.42. The van der Waals surface area contributed by atoms with Gasteiger partial charge < -0.3 is 5.43 Å². The fourth-order valence-electron chi connectivity index (χ4n) is 1.62. The van der Waals surface area contributed by atoms with E-state index >= 15 is 0 Å². The largest absolute Gasteiger partial charge is 0.325 e. The molecule has 0 aliphatic carbocycles. The summed E-state index contributed by atoms with van der Waals surface area (Å²) in [5, 5.41) is 0. The highest BCUT2D eigenvalue weighted by Gasteiger charge is 2.06. The van der Waals surface area contributed by atoms with Gasteiger partial charge in [-0.3, -0.25) is 0 Å². The summed E-state index contributed by atoms with van der Waals surface area (Å²) in [5.74, 6) is 0.968. The monoisotopic (exact) mass is 201 g/mol. The van der Waals surface area contributed by atoms with Crippen LogP contribution < -0.4 is 5.43 Å². The highest BCUT2D eigenvalue weighted by Crippen LogP contribution is 2.20. The van der Waals surface area contributed by atoms with E-state index in [1.807, 2.05) is 29.2 Å². The summed E-state index contributed by atoms with van der Waals surface area (Å²) >= 11 is 0. The van der Waals surface area contributed by atoms with Gasteiger partial charge in [-0.15, -0.1) is 0 Å². The Hall–Kier alpha value is -1.77. The molecule has 0 amide bonds. The lowest BCUT2D eigenvalue weighted by molar-refractivity contribution is 0.870. The minimum absolute atomic E-state index is 0.884. The van der Waals surface area contributed by atoms with Crippen molar-refractivity contribution in [1.29, 1.82) is 0 Å². The van der Waals surface area contributed by atoms with Gasteiger partial charge in [0, 0.05) is 24.5 Å². The summed E-state index contributed by atoms with van der Waals surface area (Å²) in [6.07, 6.45) is 3.75. The van der Waals surface area contributed by atoms with Gasteiger partial charge in [-0.25, -0.2) is 9.66 Å². The number of nitrogens with one attached hydrogen (secondary N) is 1. The number of aryl methyl sites for hydroxylation is 1. The van der Waals surface area contributed by atoms with Crippen molar-refractivity contribution in [3.63, 3.8) is 0 Å². The number of benzene rings is 1. The summed E-state index contributed by atoms with van der Waals surface area (Å²) in [7, 11) is 0. The molecule has 2 rings (SSSR count). The number of hydrogen-bond acceptors (Lipinski definition) is 2. The number of hydrogen-bond donors (Lipinski definition) is 1. The van der Waals surface area contributed by atoms with Gasteiger partial charge in [0.2, 0.25) is 0 Å². The second kappa shape index (κ2) is 4.17. The van der Waals surface area contributed by atoms with Gasteiger partial charge >= 0.3 is 0 Å². The van der Waals surface area contributed by atoms with Gasteiger partial charge in [0.25, 0.3) is 0 Å². The minimum atomic E-state index is 0.884. The van der Waals surface area contributed by atoms with Crippen LogP contribution >= 0.6 is 0 Å². The van der Waals surface area contributed by atoms with Gasteiger partial charge in [-0.2, -0.15) is 0 Å². The van der Waals surface area contributed by atoms with E-state index in [1.54, 1.807) is 0 Å². The fraction of sp³-hybridized carbons (Fsp3) is 0.250. The Labute approximate surface area is 89.7 Å². The average Bonchev–Trinajstić information content (AvgIpc) is 2.67. The Morgan fingerprint density at radius 3 is 2.87 bits per heavy atom. The van der Waals surface area contributed by atoms with Gasteiger partial charge in [-0.05, 0) is 19.4 Å². The molecule has 1 heterocycles. The maximum absolute atomic E-state index is 4.37. The summed E-state index contributed by atoms with van der Waals surface area (Å²) in [6, 6.07) is 8.26. The Balaban J connectivity index is 2.45. The van der Waals surface area contributed by atoms with Crippen LogP contribution in [0, 0.1) is 6.92 Å². The molecular weight excluding hydrogens is 186 g/mol. The zero-order valence-electron chi connectivity index (χ0n) is 9.07. The smallest absolute Gasteiger partial charge is 0.158 e. The molecular formula is C12H15N3. The van der Waals surface area contributed by atoms with Gasteiger partial charge in [0.15, 0.2) is 5.82 Å². The van der Waals surface area contributed by atoms with Crippen LogP contribution in [0.2, 0.25) is 0 Å².